The SMILES string of the molecule is C/C=C/CNC(N)=S. The quantitative estimate of drug-likeness (QED) is 0.419. The van der Waals surface area contributed by atoms with Crippen LogP contribution in [0.5, 0.6) is 0 Å². The van der Waals surface area contributed by atoms with Crippen LogP contribution < -0.4 is 11.1 Å². The molecule has 0 aliphatic carbocycles. The third-order valence-corrected chi connectivity index (χ3v) is 0.774. The average molecular weight is 130 g/mol. The van der Waals surface area contributed by atoms with Crippen LogP contribution in [0, 0.1) is 0 Å². The van der Waals surface area contributed by atoms with Gasteiger partial charge in [0.1, 0.15) is 0 Å². The summed E-state index contributed by atoms with van der Waals surface area (Å²) in [6, 6.07) is 0. The monoisotopic (exact) mass is 130 g/mol. The van der Waals surface area contributed by atoms with Crippen LogP contribution in [0.2, 0.25) is 0 Å². The van der Waals surface area contributed by atoms with Gasteiger partial charge in [0, 0.05) is 6.54 Å². The van der Waals surface area contributed by atoms with E-state index in [-0.39, 0.29) is 0 Å². The van der Waals surface area contributed by atoms with Crippen molar-refractivity contribution in [3.63, 3.8) is 0 Å². The van der Waals surface area contributed by atoms with E-state index in [1.165, 1.54) is 0 Å². The highest BCUT2D eigenvalue weighted by molar-refractivity contribution is 7.80. The second kappa shape index (κ2) is 4.59. The number of allylic oxidation sites excluding steroid dienone is 1. The standard InChI is InChI=1S/C5H10N2S/c1-2-3-4-7-5(6)8/h2-3H,4H2,1H3,(H3,6,7,8)/b3-2+. The van der Waals surface area contributed by atoms with Crippen molar-refractivity contribution in [1.82, 2.24) is 5.32 Å². The molecule has 3 N–H and O–H groups in total. The fourth-order valence-electron chi connectivity index (χ4n) is 0.277. The van der Waals surface area contributed by atoms with Crippen LogP contribution in [0.15, 0.2) is 12.2 Å². The minimum Gasteiger partial charge on any atom is -0.376 e. The smallest absolute Gasteiger partial charge is 0.163 e. The molecule has 0 spiro atoms. The highest BCUT2D eigenvalue weighted by Gasteiger charge is 1.77. The van der Waals surface area contributed by atoms with Crippen molar-refractivity contribution < 1.29 is 0 Å². The van der Waals surface area contributed by atoms with E-state index in [2.05, 4.69) is 17.5 Å². The van der Waals surface area contributed by atoms with Gasteiger partial charge in [0.25, 0.3) is 0 Å². The largest absolute Gasteiger partial charge is 0.376 e. The van der Waals surface area contributed by atoms with Gasteiger partial charge in [-0.2, -0.15) is 0 Å². The molecule has 0 rings (SSSR count). The van der Waals surface area contributed by atoms with Crippen molar-refractivity contribution >= 4 is 17.3 Å². The van der Waals surface area contributed by atoms with Crippen LogP contribution in [0.3, 0.4) is 0 Å². The summed E-state index contributed by atoms with van der Waals surface area (Å²) < 4.78 is 0. The summed E-state index contributed by atoms with van der Waals surface area (Å²) in [6.45, 7) is 2.67. The molecule has 0 unspecified atom stereocenters. The number of rotatable bonds is 2. The number of hydrogen-bond acceptors (Lipinski definition) is 1. The molecule has 0 amide bonds. The maximum absolute atomic E-state index is 5.12. The van der Waals surface area contributed by atoms with Gasteiger partial charge in [-0.1, -0.05) is 12.2 Å². The molecular weight excluding hydrogens is 120 g/mol. The van der Waals surface area contributed by atoms with Crippen molar-refractivity contribution in [2.24, 2.45) is 5.73 Å². The Balaban J connectivity index is 3.05. The fraction of sp³-hybridized carbons (Fsp3) is 0.400. The molecule has 0 atom stereocenters. The first-order valence-electron chi connectivity index (χ1n) is 2.42. The minimum atomic E-state index is 0.350. The van der Waals surface area contributed by atoms with Crippen LogP contribution in [-0.4, -0.2) is 11.7 Å². The van der Waals surface area contributed by atoms with Gasteiger partial charge in [-0.25, -0.2) is 0 Å². The molecule has 0 radical (unpaired) electrons. The van der Waals surface area contributed by atoms with E-state index in [1.54, 1.807) is 0 Å². The molecule has 0 bridgehead atoms. The van der Waals surface area contributed by atoms with Crippen LogP contribution in [0.1, 0.15) is 6.92 Å². The van der Waals surface area contributed by atoms with Crippen molar-refractivity contribution in [3.8, 4) is 0 Å². The lowest BCUT2D eigenvalue weighted by atomic mass is 10.5. The summed E-state index contributed by atoms with van der Waals surface area (Å²) in [5.74, 6) is 0. The van der Waals surface area contributed by atoms with E-state index >= 15 is 0 Å². The molecule has 0 saturated carbocycles. The van der Waals surface area contributed by atoms with Crippen molar-refractivity contribution in [2.45, 2.75) is 6.92 Å². The normalized spacial score (nSPS) is 9.62. The first-order valence-corrected chi connectivity index (χ1v) is 2.82. The van der Waals surface area contributed by atoms with Crippen LogP contribution in [0.4, 0.5) is 0 Å². The van der Waals surface area contributed by atoms with Crippen molar-refractivity contribution in [1.29, 1.82) is 0 Å². The summed E-state index contributed by atoms with van der Waals surface area (Å²) in [5.41, 5.74) is 5.12. The highest BCUT2D eigenvalue weighted by Crippen LogP contribution is 1.65. The minimum absolute atomic E-state index is 0.350. The second-order valence-electron chi connectivity index (χ2n) is 1.31. The van der Waals surface area contributed by atoms with E-state index in [1.807, 2.05) is 19.1 Å². The highest BCUT2D eigenvalue weighted by atomic mass is 32.1. The molecule has 0 aliphatic rings. The van der Waals surface area contributed by atoms with E-state index in [0.29, 0.717) is 5.11 Å². The lowest BCUT2D eigenvalue weighted by Crippen LogP contribution is -2.28. The molecule has 0 aromatic rings. The van der Waals surface area contributed by atoms with E-state index in [9.17, 15) is 0 Å². The van der Waals surface area contributed by atoms with Gasteiger partial charge in [-0.05, 0) is 19.1 Å². The van der Waals surface area contributed by atoms with Gasteiger partial charge in [0.15, 0.2) is 5.11 Å². The first kappa shape index (κ1) is 7.43. The molecule has 0 aromatic carbocycles. The molecule has 0 saturated heterocycles. The maximum atomic E-state index is 5.12. The van der Waals surface area contributed by atoms with Gasteiger partial charge in [-0.3, -0.25) is 0 Å². The Kier molecular flexibility index (Phi) is 4.26. The molecule has 46 valence electrons. The number of hydrogen-bond donors (Lipinski definition) is 2. The topological polar surface area (TPSA) is 38.0 Å². The first-order chi connectivity index (χ1) is 3.77. The van der Waals surface area contributed by atoms with Crippen LogP contribution in [-0.2, 0) is 0 Å². The predicted molar refractivity (Wildman–Crippen MR) is 39.6 cm³/mol. The summed E-state index contributed by atoms with van der Waals surface area (Å²) in [5, 5.41) is 3.12. The average Bonchev–Trinajstić information content (AvgIpc) is 1.66. The maximum Gasteiger partial charge on any atom is 0.163 e. The van der Waals surface area contributed by atoms with E-state index < -0.39 is 0 Å². The lowest BCUT2D eigenvalue weighted by Gasteiger charge is -1.95. The molecule has 8 heavy (non-hydrogen) atoms. The summed E-state index contributed by atoms with van der Waals surface area (Å²) in [4.78, 5) is 0. The van der Waals surface area contributed by atoms with Crippen LogP contribution >= 0.6 is 12.2 Å². The fourth-order valence-corrected chi connectivity index (χ4v) is 0.361. The van der Waals surface area contributed by atoms with Crippen LogP contribution in [0.25, 0.3) is 0 Å². The summed E-state index contributed by atoms with van der Waals surface area (Å²) >= 11 is 4.54. The zero-order valence-corrected chi connectivity index (χ0v) is 5.66. The van der Waals surface area contributed by atoms with Gasteiger partial charge in [-0.15, -0.1) is 0 Å². The van der Waals surface area contributed by atoms with Crippen molar-refractivity contribution in [2.75, 3.05) is 6.54 Å². The lowest BCUT2D eigenvalue weighted by molar-refractivity contribution is 1.05. The molecule has 0 fully saturated rings. The van der Waals surface area contributed by atoms with Gasteiger partial charge in [0.05, 0.1) is 0 Å². The van der Waals surface area contributed by atoms with Gasteiger partial charge < -0.3 is 11.1 Å². The summed E-state index contributed by atoms with van der Waals surface area (Å²) in [6.07, 6.45) is 3.88. The molecule has 0 heterocycles. The second-order valence-corrected chi connectivity index (χ2v) is 1.75. The Labute approximate surface area is 54.8 Å². The molecular formula is C5H10N2S. The van der Waals surface area contributed by atoms with Gasteiger partial charge in [0.2, 0.25) is 0 Å². The molecule has 0 aliphatic heterocycles. The summed E-state index contributed by atoms with van der Waals surface area (Å²) in [7, 11) is 0. The Morgan fingerprint density at radius 3 is 2.88 bits per heavy atom. The predicted octanol–water partition coefficient (Wildman–Crippen LogP) is 0.396. The Morgan fingerprint density at radius 1 is 1.88 bits per heavy atom. The third-order valence-electron chi connectivity index (χ3n) is 0.630. The Bertz CT molecular complexity index is 98.6. The number of thiocarbonyl (C=S) groups is 1. The van der Waals surface area contributed by atoms with E-state index in [0.717, 1.165) is 6.54 Å². The zero-order valence-electron chi connectivity index (χ0n) is 4.85. The number of nitrogens with two attached hydrogens (primary N) is 1. The zero-order chi connectivity index (χ0) is 6.41. The van der Waals surface area contributed by atoms with Gasteiger partial charge >= 0.3 is 0 Å². The Morgan fingerprint density at radius 2 is 2.50 bits per heavy atom. The molecule has 3 heteroatoms. The van der Waals surface area contributed by atoms with Crippen molar-refractivity contribution in [3.05, 3.63) is 12.2 Å². The third kappa shape index (κ3) is 5.43. The molecule has 2 nitrogen and oxygen atoms in total. The Hall–Kier alpha value is -0.570. The number of nitrogens with one attached hydrogen (secondary N) is 1. The van der Waals surface area contributed by atoms with E-state index in [4.69, 9.17) is 5.73 Å². The molecule has 0 aromatic heterocycles.